The van der Waals surface area contributed by atoms with Crippen LogP contribution in [0.4, 0.5) is 5.69 Å². The van der Waals surface area contributed by atoms with E-state index in [-0.39, 0.29) is 11.7 Å². The second kappa shape index (κ2) is 9.38. The molecule has 0 bridgehead atoms. The molecular weight excluding hydrogens is 446 g/mol. The lowest BCUT2D eigenvalue weighted by molar-refractivity contribution is -0.121. The summed E-state index contributed by atoms with van der Waals surface area (Å²) in [5.41, 5.74) is 5.32. The number of thiocarbonyl (C=S) groups is 1. The third kappa shape index (κ3) is 5.07. The molecule has 3 aromatic carbocycles. The number of ether oxygens (including phenoxy) is 1. The van der Waals surface area contributed by atoms with Crippen LogP contribution in [0.25, 0.3) is 22.6 Å². The number of carbonyl (C=O) groups is 1. The van der Waals surface area contributed by atoms with Crippen molar-refractivity contribution in [3.8, 4) is 17.2 Å². The Morgan fingerprint density at radius 2 is 1.91 bits per heavy atom. The minimum absolute atomic E-state index is 0.148. The first kappa shape index (κ1) is 21.8. The van der Waals surface area contributed by atoms with Crippen molar-refractivity contribution in [2.45, 2.75) is 13.8 Å². The van der Waals surface area contributed by atoms with E-state index in [1.165, 1.54) is 11.1 Å². The Bertz CT molecular complexity index is 1320. The molecule has 0 saturated heterocycles. The highest BCUT2D eigenvalue weighted by Gasteiger charge is 2.11. The molecule has 8 heteroatoms. The summed E-state index contributed by atoms with van der Waals surface area (Å²) in [6, 6.07) is 18.4. The number of hydrogen-bond donors (Lipinski definition) is 2. The highest BCUT2D eigenvalue weighted by atomic mass is 35.5. The van der Waals surface area contributed by atoms with Crippen molar-refractivity contribution in [1.82, 2.24) is 10.3 Å². The summed E-state index contributed by atoms with van der Waals surface area (Å²) in [5.74, 6) is 0.578. The van der Waals surface area contributed by atoms with Crippen LogP contribution in [0.5, 0.6) is 5.75 Å². The van der Waals surface area contributed by atoms with Gasteiger partial charge in [0.2, 0.25) is 5.89 Å². The molecule has 0 spiro atoms. The van der Waals surface area contributed by atoms with Gasteiger partial charge < -0.3 is 14.5 Å². The summed E-state index contributed by atoms with van der Waals surface area (Å²) in [6.07, 6.45) is 0. The van der Waals surface area contributed by atoms with E-state index < -0.39 is 5.91 Å². The number of aromatic nitrogens is 1. The van der Waals surface area contributed by atoms with Gasteiger partial charge in [0.15, 0.2) is 17.3 Å². The van der Waals surface area contributed by atoms with Crippen molar-refractivity contribution in [2.75, 3.05) is 11.9 Å². The lowest BCUT2D eigenvalue weighted by atomic mass is 10.1. The number of para-hydroxylation sites is 1. The quantitative estimate of drug-likeness (QED) is 0.370. The molecule has 0 saturated carbocycles. The Morgan fingerprint density at radius 3 is 2.69 bits per heavy atom. The average Bonchev–Trinajstić information content (AvgIpc) is 3.18. The Labute approximate surface area is 195 Å². The molecule has 1 amide bonds. The number of anilines is 1. The Kier molecular flexibility index (Phi) is 6.39. The summed E-state index contributed by atoms with van der Waals surface area (Å²) >= 11 is 11.2. The number of amides is 1. The van der Waals surface area contributed by atoms with Crippen LogP contribution in [0.1, 0.15) is 11.1 Å². The van der Waals surface area contributed by atoms with Gasteiger partial charge in [-0.3, -0.25) is 10.1 Å². The molecular formula is C24H20ClN3O3S. The van der Waals surface area contributed by atoms with Crippen molar-refractivity contribution in [2.24, 2.45) is 0 Å². The van der Waals surface area contributed by atoms with Crippen LogP contribution in [0.2, 0.25) is 5.02 Å². The topological polar surface area (TPSA) is 76.4 Å². The fourth-order valence-corrected chi connectivity index (χ4v) is 3.46. The van der Waals surface area contributed by atoms with Crippen LogP contribution >= 0.6 is 23.8 Å². The second-order valence-electron chi connectivity index (χ2n) is 7.22. The average molecular weight is 466 g/mol. The first-order valence-corrected chi connectivity index (χ1v) is 10.6. The van der Waals surface area contributed by atoms with Crippen LogP contribution in [0, 0.1) is 13.8 Å². The maximum Gasteiger partial charge on any atom is 0.264 e. The molecule has 4 aromatic rings. The van der Waals surface area contributed by atoms with Crippen molar-refractivity contribution in [1.29, 1.82) is 0 Å². The summed E-state index contributed by atoms with van der Waals surface area (Å²) in [6.45, 7) is 3.90. The number of nitrogens with zero attached hydrogens (tertiary/aromatic N) is 1. The number of aryl methyl sites for hydroxylation is 2. The number of rotatable bonds is 5. The van der Waals surface area contributed by atoms with E-state index in [0.717, 1.165) is 5.56 Å². The Hall–Kier alpha value is -3.42. The number of benzene rings is 3. The maximum atomic E-state index is 12.1. The number of hydrogen-bond acceptors (Lipinski definition) is 5. The first-order chi connectivity index (χ1) is 15.4. The third-order valence-electron chi connectivity index (χ3n) is 4.85. The summed E-state index contributed by atoms with van der Waals surface area (Å²) in [5, 5.41) is 6.14. The predicted molar refractivity (Wildman–Crippen MR) is 130 cm³/mol. The lowest BCUT2D eigenvalue weighted by Crippen LogP contribution is -2.37. The molecule has 0 aliphatic carbocycles. The highest BCUT2D eigenvalue weighted by molar-refractivity contribution is 7.80. The molecule has 0 aliphatic rings. The zero-order valence-corrected chi connectivity index (χ0v) is 19.0. The molecule has 0 atom stereocenters. The van der Waals surface area contributed by atoms with Gasteiger partial charge in [0, 0.05) is 11.3 Å². The van der Waals surface area contributed by atoms with E-state index in [4.69, 9.17) is 33.0 Å². The van der Waals surface area contributed by atoms with Crippen molar-refractivity contribution < 1.29 is 13.9 Å². The highest BCUT2D eigenvalue weighted by Crippen LogP contribution is 2.27. The van der Waals surface area contributed by atoms with E-state index in [9.17, 15) is 4.79 Å². The lowest BCUT2D eigenvalue weighted by Gasteiger charge is -2.11. The molecule has 0 fully saturated rings. The van der Waals surface area contributed by atoms with Gasteiger partial charge in [-0.15, -0.1) is 0 Å². The maximum absolute atomic E-state index is 12.1. The van der Waals surface area contributed by atoms with Gasteiger partial charge in [-0.2, -0.15) is 0 Å². The van der Waals surface area contributed by atoms with Crippen molar-refractivity contribution >= 4 is 51.6 Å². The number of oxazole rings is 1. The van der Waals surface area contributed by atoms with Gasteiger partial charge in [-0.1, -0.05) is 29.8 Å². The smallest absolute Gasteiger partial charge is 0.264 e. The van der Waals surface area contributed by atoms with Crippen molar-refractivity contribution in [3.05, 3.63) is 76.8 Å². The van der Waals surface area contributed by atoms with Crippen LogP contribution in [0.3, 0.4) is 0 Å². The summed E-state index contributed by atoms with van der Waals surface area (Å²) in [4.78, 5) is 16.7. The van der Waals surface area contributed by atoms with E-state index in [0.29, 0.717) is 33.4 Å². The van der Waals surface area contributed by atoms with E-state index in [1.54, 1.807) is 36.4 Å². The van der Waals surface area contributed by atoms with Gasteiger partial charge in [0.25, 0.3) is 5.91 Å². The van der Waals surface area contributed by atoms with Gasteiger partial charge in [-0.05, 0) is 79.7 Å². The number of fused-ring (bicyclic) bond motifs is 1. The number of carbonyl (C=O) groups excluding carboxylic acids is 1. The largest absolute Gasteiger partial charge is 0.482 e. The van der Waals surface area contributed by atoms with E-state index in [1.807, 2.05) is 18.2 Å². The fourth-order valence-electron chi connectivity index (χ4n) is 3.03. The summed E-state index contributed by atoms with van der Waals surface area (Å²) < 4.78 is 11.3. The SMILES string of the molecule is Cc1ccc(-c2nc3cc(NC(=S)NC(=O)COc4ccccc4Cl)ccc3o2)cc1C. The standard InChI is InChI=1S/C24H20ClN3O3S/c1-14-7-8-16(11-15(14)2)23-27-19-12-17(9-10-21(19)31-23)26-24(32)28-22(29)13-30-20-6-4-3-5-18(20)25/h3-12H,13H2,1-2H3,(H2,26,28,29,32). The monoisotopic (exact) mass is 465 g/mol. The molecule has 0 radical (unpaired) electrons. The molecule has 162 valence electrons. The fraction of sp³-hybridized carbons (Fsp3) is 0.125. The minimum Gasteiger partial charge on any atom is -0.482 e. The van der Waals surface area contributed by atoms with Gasteiger partial charge in [0.1, 0.15) is 11.3 Å². The first-order valence-electron chi connectivity index (χ1n) is 9.85. The van der Waals surface area contributed by atoms with E-state index in [2.05, 4.69) is 35.5 Å². The van der Waals surface area contributed by atoms with E-state index >= 15 is 0 Å². The van der Waals surface area contributed by atoms with Gasteiger partial charge >= 0.3 is 0 Å². The molecule has 6 nitrogen and oxygen atoms in total. The number of halogens is 1. The van der Waals surface area contributed by atoms with Crippen molar-refractivity contribution in [3.63, 3.8) is 0 Å². The van der Waals surface area contributed by atoms with Gasteiger partial charge in [0.05, 0.1) is 5.02 Å². The van der Waals surface area contributed by atoms with Crippen LogP contribution in [-0.4, -0.2) is 22.6 Å². The Morgan fingerprint density at radius 1 is 1.09 bits per heavy atom. The molecule has 4 rings (SSSR count). The van der Waals surface area contributed by atoms with Crippen LogP contribution < -0.4 is 15.4 Å². The van der Waals surface area contributed by atoms with Crippen LogP contribution in [-0.2, 0) is 4.79 Å². The molecule has 32 heavy (non-hydrogen) atoms. The summed E-state index contributed by atoms with van der Waals surface area (Å²) in [7, 11) is 0. The predicted octanol–water partition coefficient (Wildman–Crippen LogP) is 5.66. The van der Waals surface area contributed by atoms with Crippen LogP contribution in [0.15, 0.2) is 65.1 Å². The van der Waals surface area contributed by atoms with Gasteiger partial charge in [-0.25, -0.2) is 4.98 Å². The Balaban J connectivity index is 1.39. The number of nitrogens with one attached hydrogen (secondary N) is 2. The zero-order valence-electron chi connectivity index (χ0n) is 17.4. The zero-order chi connectivity index (χ0) is 22.7. The molecule has 2 N–H and O–H groups in total. The third-order valence-corrected chi connectivity index (χ3v) is 5.36. The normalized spacial score (nSPS) is 10.7. The molecule has 0 unspecified atom stereocenters. The minimum atomic E-state index is -0.401. The molecule has 1 aromatic heterocycles. The molecule has 0 aliphatic heterocycles. The molecule has 1 heterocycles. The second-order valence-corrected chi connectivity index (χ2v) is 8.04.